The second-order valence-corrected chi connectivity index (χ2v) is 3.64. The lowest BCUT2D eigenvalue weighted by Gasteiger charge is -2.32. The van der Waals surface area contributed by atoms with Gasteiger partial charge in [-0.15, -0.1) is 0 Å². The van der Waals surface area contributed by atoms with Crippen LogP contribution in [0.15, 0.2) is 0 Å². The zero-order chi connectivity index (χ0) is 8.48. The molecule has 3 heteroatoms. The Morgan fingerprint density at radius 3 is 2.64 bits per heavy atom. The van der Waals surface area contributed by atoms with Gasteiger partial charge in [0.2, 0.25) is 0 Å². The molecule has 1 saturated heterocycles. The van der Waals surface area contributed by atoms with Crippen LogP contribution in [0, 0.1) is 5.92 Å². The highest BCUT2D eigenvalue weighted by atomic mass is 16.5. The lowest BCUT2D eigenvalue weighted by molar-refractivity contribution is -0.152. The first-order valence-corrected chi connectivity index (χ1v) is 3.88. The van der Waals surface area contributed by atoms with Crippen molar-refractivity contribution in [1.82, 2.24) is 0 Å². The molecule has 1 unspecified atom stereocenters. The molecule has 1 rings (SSSR count). The Labute approximate surface area is 66.4 Å². The fourth-order valence-electron chi connectivity index (χ4n) is 1.20. The number of hydrogen-bond donors (Lipinski definition) is 1. The van der Waals surface area contributed by atoms with E-state index in [0.717, 1.165) is 12.8 Å². The quantitative estimate of drug-likeness (QED) is 0.625. The molecule has 0 radical (unpaired) electrons. The van der Waals surface area contributed by atoms with E-state index < -0.39 is 5.97 Å². The van der Waals surface area contributed by atoms with E-state index in [4.69, 9.17) is 9.84 Å². The third kappa shape index (κ3) is 2.19. The van der Waals surface area contributed by atoms with Gasteiger partial charge in [-0.3, -0.25) is 4.79 Å². The molecule has 3 nitrogen and oxygen atoms in total. The van der Waals surface area contributed by atoms with Gasteiger partial charge in [0.1, 0.15) is 0 Å². The maximum atomic E-state index is 10.5. The van der Waals surface area contributed by atoms with E-state index in [1.165, 1.54) is 0 Å². The van der Waals surface area contributed by atoms with Crippen LogP contribution >= 0.6 is 0 Å². The standard InChI is InChI=1S/C8H14O3/c1-8(2)4-3-6(5-11-8)7(9)10/h6H,3-5H2,1-2H3,(H,9,10). The predicted octanol–water partition coefficient (Wildman–Crippen LogP) is 1.28. The average Bonchev–Trinajstić information content (AvgIpc) is 1.86. The first kappa shape index (κ1) is 8.53. The highest BCUT2D eigenvalue weighted by Crippen LogP contribution is 2.26. The van der Waals surface area contributed by atoms with Gasteiger partial charge in [-0.1, -0.05) is 0 Å². The summed E-state index contributed by atoms with van der Waals surface area (Å²) >= 11 is 0. The fraction of sp³-hybridized carbons (Fsp3) is 0.875. The van der Waals surface area contributed by atoms with Gasteiger partial charge in [-0.25, -0.2) is 0 Å². The SMILES string of the molecule is CC1(C)CCC(C(=O)O)CO1. The average molecular weight is 158 g/mol. The van der Waals surface area contributed by atoms with Crippen LogP contribution in [0.3, 0.4) is 0 Å². The molecule has 0 bridgehead atoms. The monoisotopic (exact) mass is 158 g/mol. The van der Waals surface area contributed by atoms with Crippen molar-refractivity contribution in [3.63, 3.8) is 0 Å². The van der Waals surface area contributed by atoms with Crippen molar-refractivity contribution in [2.75, 3.05) is 6.61 Å². The molecule has 0 aliphatic carbocycles. The van der Waals surface area contributed by atoms with E-state index in [9.17, 15) is 4.79 Å². The van der Waals surface area contributed by atoms with Crippen LogP contribution in [-0.4, -0.2) is 23.3 Å². The van der Waals surface area contributed by atoms with Crippen LogP contribution < -0.4 is 0 Å². The molecule has 0 amide bonds. The zero-order valence-electron chi connectivity index (χ0n) is 6.96. The molecule has 0 aromatic carbocycles. The molecule has 1 N–H and O–H groups in total. The summed E-state index contributed by atoms with van der Waals surface area (Å²) in [6, 6.07) is 0. The van der Waals surface area contributed by atoms with Gasteiger partial charge in [-0.2, -0.15) is 0 Å². The fourth-order valence-corrected chi connectivity index (χ4v) is 1.20. The number of hydrogen-bond acceptors (Lipinski definition) is 2. The van der Waals surface area contributed by atoms with Crippen molar-refractivity contribution >= 4 is 5.97 Å². The van der Waals surface area contributed by atoms with E-state index in [-0.39, 0.29) is 11.5 Å². The van der Waals surface area contributed by atoms with Crippen molar-refractivity contribution < 1.29 is 14.6 Å². The maximum absolute atomic E-state index is 10.5. The zero-order valence-corrected chi connectivity index (χ0v) is 6.96. The molecule has 1 aliphatic rings. The molecule has 1 fully saturated rings. The highest BCUT2D eigenvalue weighted by molar-refractivity contribution is 5.70. The minimum absolute atomic E-state index is 0.119. The molecular weight excluding hydrogens is 144 g/mol. The first-order valence-electron chi connectivity index (χ1n) is 3.88. The van der Waals surface area contributed by atoms with E-state index in [1.807, 2.05) is 13.8 Å². The molecule has 0 saturated carbocycles. The maximum Gasteiger partial charge on any atom is 0.308 e. The van der Waals surface area contributed by atoms with Crippen LogP contribution in [0.4, 0.5) is 0 Å². The van der Waals surface area contributed by atoms with Crippen LogP contribution in [0.5, 0.6) is 0 Å². The van der Waals surface area contributed by atoms with Crippen molar-refractivity contribution in [3.05, 3.63) is 0 Å². The Kier molecular flexibility index (Phi) is 2.18. The number of aliphatic carboxylic acids is 1. The van der Waals surface area contributed by atoms with Crippen molar-refractivity contribution in [2.45, 2.75) is 32.3 Å². The van der Waals surface area contributed by atoms with Gasteiger partial charge in [0.25, 0.3) is 0 Å². The van der Waals surface area contributed by atoms with Crippen LogP contribution in [0.1, 0.15) is 26.7 Å². The van der Waals surface area contributed by atoms with E-state index in [1.54, 1.807) is 0 Å². The minimum Gasteiger partial charge on any atom is -0.481 e. The van der Waals surface area contributed by atoms with Gasteiger partial charge in [0.15, 0.2) is 0 Å². The van der Waals surface area contributed by atoms with Gasteiger partial charge in [-0.05, 0) is 26.7 Å². The smallest absolute Gasteiger partial charge is 0.308 e. The van der Waals surface area contributed by atoms with Gasteiger partial charge in [0, 0.05) is 0 Å². The number of ether oxygens (including phenoxy) is 1. The molecule has 1 aliphatic heterocycles. The lowest BCUT2D eigenvalue weighted by Crippen LogP contribution is -2.36. The molecule has 1 atom stereocenters. The highest BCUT2D eigenvalue weighted by Gasteiger charge is 2.30. The summed E-state index contributed by atoms with van der Waals surface area (Å²) in [5.41, 5.74) is -0.119. The molecule has 0 spiro atoms. The van der Waals surface area contributed by atoms with Crippen LogP contribution in [0.2, 0.25) is 0 Å². The number of carbonyl (C=O) groups is 1. The Balaban J connectivity index is 2.42. The van der Waals surface area contributed by atoms with E-state index in [0.29, 0.717) is 6.61 Å². The molecular formula is C8H14O3. The van der Waals surface area contributed by atoms with E-state index >= 15 is 0 Å². The molecule has 0 aromatic rings. The Bertz CT molecular complexity index is 153. The summed E-state index contributed by atoms with van der Waals surface area (Å²) in [7, 11) is 0. The van der Waals surface area contributed by atoms with Crippen molar-refractivity contribution in [2.24, 2.45) is 5.92 Å². The summed E-state index contributed by atoms with van der Waals surface area (Å²) in [5.74, 6) is -1.02. The predicted molar refractivity (Wildman–Crippen MR) is 40.4 cm³/mol. The van der Waals surface area contributed by atoms with Crippen LogP contribution in [-0.2, 0) is 9.53 Å². The summed E-state index contributed by atoms with van der Waals surface area (Å²) in [6.07, 6.45) is 1.58. The first-order chi connectivity index (χ1) is 5.01. The van der Waals surface area contributed by atoms with Gasteiger partial charge < -0.3 is 9.84 Å². The Morgan fingerprint density at radius 2 is 2.27 bits per heavy atom. The second kappa shape index (κ2) is 2.81. The van der Waals surface area contributed by atoms with Crippen molar-refractivity contribution in [3.8, 4) is 0 Å². The summed E-state index contributed by atoms with van der Waals surface area (Å²) in [6.45, 7) is 4.35. The topological polar surface area (TPSA) is 46.5 Å². The van der Waals surface area contributed by atoms with Gasteiger partial charge >= 0.3 is 5.97 Å². The van der Waals surface area contributed by atoms with Crippen molar-refractivity contribution in [1.29, 1.82) is 0 Å². The third-order valence-electron chi connectivity index (χ3n) is 2.12. The third-order valence-corrected chi connectivity index (χ3v) is 2.12. The number of carboxylic acid groups (broad SMARTS) is 1. The van der Waals surface area contributed by atoms with Crippen LogP contribution in [0.25, 0.3) is 0 Å². The van der Waals surface area contributed by atoms with Gasteiger partial charge in [0.05, 0.1) is 18.1 Å². The lowest BCUT2D eigenvalue weighted by atomic mass is 9.92. The normalized spacial score (nSPS) is 29.8. The Hall–Kier alpha value is -0.570. The summed E-state index contributed by atoms with van der Waals surface area (Å²) in [4.78, 5) is 10.5. The van der Waals surface area contributed by atoms with E-state index in [2.05, 4.69) is 0 Å². The summed E-state index contributed by atoms with van der Waals surface area (Å²) < 4.78 is 5.36. The number of rotatable bonds is 1. The molecule has 64 valence electrons. The largest absolute Gasteiger partial charge is 0.481 e. The second-order valence-electron chi connectivity index (χ2n) is 3.64. The minimum atomic E-state index is -0.736. The molecule has 0 aromatic heterocycles. The molecule has 11 heavy (non-hydrogen) atoms. The Morgan fingerprint density at radius 1 is 1.64 bits per heavy atom. The molecule has 1 heterocycles. The summed E-state index contributed by atoms with van der Waals surface area (Å²) in [5, 5.41) is 8.63. The number of carboxylic acids is 1.